The molecule has 2 aromatic rings. The molecular weight excluding hydrogens is 284 g/mol. The van der Waals surface area contributed by atoms with Crippen LogP contribution in [0.2, 0.25) is 0 Å². The Labute approximate surface area is 128 Å². The molecule has 21 heavy (non-hydrogen) atoms. The van der Waals surface area contributed by atoms with Gasteiger partial charge >= 0.3 is 0 Å². The molecule has 5 nitrogen and oxygen atoms in total. The minimum Gasteiger partial charge on any atom is -0.398 e. The molecule has 2 heterocycles. The predicted octanol–water partition coefficient (Wildman–Crippen LogP) is 2.68. The molecule has 0 aromatic carbocycles. The Hall–Kier alpha value is -1.56. The first-order chi connectivity index (χ1) is 10.2. The number of hydrogen-bond acceptors (Lipinski definition) is 5. The van der Waals surface area contributed by atoms with Crippen molar-refractivity contribution in [2.24, 2.45) is 5.92 Å². The molecule has 0 amide bonds. The molecule has 0 spiro atoms. The van der Waals surface area contributed by atoms with Crippen LogP contribution in [0.5, 0.6) is 0 Å². The molecule has 1 saturated carbocycles. The molecule has 0 radical (unpaired) electrons. The fourth-order valence-electron chi connectivity index (χ4n) is 3.06. The van der Waals surface area contributed by atoms with Crippen molar-refractivity contribution in [3.05, 3.63) is 22.6 Å². The van der Waals surface area contributed by atoms with Crippen LogP contribution in [0.25, 0.3) is 11.0 Å². The number of fused-ring (bicyclic) bond motifs is 1. The van der Waals surface area contributed by atoms with Gasteiger partial charge in [0.15, 0.2) is 5.16 Å². The average molecular weight is 304 g/mol. The van der Waals surface area contributed by atoms with Gasteiger partial charge in [0, 0.05) is 24.5 Å². The summed E-state index contributed by atoms with van der Waals surface area (Å²) < 4.78 is 1.78. The summed E-state index contributed by atoms with van der Waals surface area (Å²) >= 11 is 1.47. The zero-order valence-corrected chi connectivity index (χ0v) is 13.0. The number of anilines is 1. The third-order valence-electron chi connectivity index (χ3n) is 4.21. The standard InChI is InChI=1S/C15H20N4OS/c1-21-15-17-8-11-12(16)7-13(20)19(14(11)18-15)9-10-5-3-2-4-6-10/h7-8,10H,2-6,9,16H2,1H3. The summed E-state index contributed by atoms with van der Waals surface area (Å²) in [4.78, 5) is 21.1. The Kier molecular flexibility index (Phi) is 4.14. The molecule has 3 rings (SSSR count). The zero-order valence-electron chi connectivity index (χ0n) is 12.2. The van der Waals surface area contributed by atoms with Gasteiger partial charge in [-0.05, 0) is 25.0 Å². The highest BCUT2D eigenvalue weighted by Crippen LogP contribution is 2.26. The number of aromatic nitrogens is 3. The van der Waals surface area contributed by atoms with E-state index in [1.54, 1.807) is 10.8 Å². The van der Waals surface area contributed by atoms with Gasteiger partial charge in [0.1, 0.15) is 5.65 Å². The van der Waals surface area contributed by atoms with Crippen molar-refractivity contribution in [2.75, 3.05) is 12.0 Å². The minimum atomic E-state index is -0.0590. The summed E-state index contributed by atoms with van der Waals surface area (Å²) in [7, 11) is 0. The Morgan fingerprint density at radius 1 is 1.38 bits per heavy atom. The predicted molar refractivity (Wildman–Crippen MR) is 86.6 cm³/mol. The lowest BCUT2D eigenvalue weighted by Gasteiger charge is -2.23. The molecule has 0 bridgehead atoms. The molecular formula is C15H20N4OS. The van der Waals surface area contributed by atoms with E-state index in [4.69, 9.17) is 5.73 Å². The topological polar surface area (TPSA) is 73.8 Å². The number of nitrogens with two attached hydrogens (primary N) is 1. The van der Waals surface area contributed by atoms with Crippen LogP contribution in [-0.4, -0.2) is 20.8 Å². The molecule has 1 fully saturated rings. The number of hydrogen-bond donors (Lipinski definition) is 1. The van der Waals surface area contributed by atoms with Crippen molar-refractivity contribution >= 4 is 28.5 Å². The van der Waals surface area contributed by atoms with Crippen LogP contribution in [0.1, 0.15) is 32.1 Å². The van der Waals surface area contributed by atoms with Gasteiger partial charge in [-0.1, -0.05) is 31.0 Å². The smallest absolute Gasteiger partial charge is 0.254 e. The summed E-state index contributed by atoms with van der Waals surface area (Å²) in [6.07, 6.45) is 9.87. The number of pyridine rings is 1. The molecule has 6 heteroatoms. The Morgan fingerprint density at radius 3 is 2.86 bits per heavy atom. The molecule has 0 atom stereocenters. The summed E-state index contributed by atoms with van der Waals surface area (Å²) in [5.41, 5.74) is 7.02. The molecule has 0 unspecified atom stereocenters. The van der Waals surface area contributed by atoms with Crippen LogP contribution in [0.4, 0.5) is 5.69 Å². The number of rotatable bonds is 3. The number of thioether (sulfide) groups is 1. The highest BCUT2D eigenvalue weighted by atomic mass is 32.2. The van der Waals surface area contributed by atoms with Crippen LogP contribution < -0.4 is 11.3 Å². The van der Waals surface area contributed by atoms with Crippen LogP contribution in [0.15, 0.2) is 22.2 Å². The van der Waals surface area contributed by atoms with Crippen molar-refractivity contribution in [3.63, 3.8) is 0 Å². The summed E-state index contributed by atoms with van der Waals surface area (Å²) in [5, 5.41) is 1.44. The maximum absolute atomic E-state index is 12.3. The highest BCUT2D eigenvalue weighted by Gasteiger charge is 2.17. The van der Waals surface area contributed by atoms with Crippen LogP contribution >= 0.6 is 11.8 Å². The van der Waals surface area contributed by atoms with E-state index in [0.717, 1.165) is 11.9 Å². The van der Waals surface area contributed by atoms with E-state index in [0.29, 0.717) is 22.4 Å². The Balaban J connectivity index is 2.08. The summed E-state index contributed by atoms with van der Waals surface area (Å²) in [6.45, 7) is 0.737. The molecule has 2 aromatic heterocycles. The van der Waals surface area contributed by atoms with Gasteiger partial charge in [0.2, 0.25) is 0 Å². The van der Waals surface area contributed by atoms with E-state index in [9.17, 15) is 4.79 Å². The van der Waals surface area contributed by atoms with Gasteiger partial charge < -0.3 is 5.73 Å². The number of nitrogen functional groups attached to an aromatic ring is 1. The van der Waals surface area contributed by atoms with E-state index < -0.39 is 0 Å². The highest BCUT2D eigenvalue weighted by molar-refractivity contribution is 7.98. The SMILES string of the molecule is CSc1ncc2c(N)cc(=O)n(CC3CCCCC3)c2n1. The van der Waals surface area contributed by atoms with Gasteiger partial charge in [-0.25, -0.2) is 9.97 Å². The van der Waals surface area contributed by atoms with E-state index in [1.807, 2.05) is 6.26 Å². The lowest BCUT2D eigenvalue weighted by molar-refractivity contribution is 0.319. The maximum Gasteiger partial charge on any atom is 0.254 e. The monoisotopic (exact) mass is 304 g/mol. The van der Waals surface area contributed by atoms with Crippen molar-refractivity contribution in [2.45, 2.75) is 43.8 Å². The second-order valence-electron chi connectivity index (χ2n) is 5.65. The fraction of sp³-hybridized carbons (Fsp3) is 0.533. The molecule has 2 N–H and O–H groups in total. The lowest BCUT2D eigenvalue weighted by atomic mass is 9.89. The molecule has 0 aliphatic heterocycles. The third kappa shape index (κ3) is 2.90. The van der Waals surface area contributed by atoms with Gasteiger partial charge in [-0.2, -0.15) is 0 Å². The second kappa shape index (κ2) is 6.05. The van der Waals surface area contributed by atoms with Crippen molar-refractivity contribution in [3.8, 4) is 0 Å². The van der Waals surface area contributed by atoms with Crippen LogP contribution in [0.3, 0.4) is 0 Å². The van der Waals surface area contributed by atoms with Crippen molar-refractivity contribution in [1.29, 1.82) is 0 Å². The second-order valence-corrected chi connectivity index (χ2v) is 6.42. The fourth-order valence-corrected chi connectivity index (χ4v) is 3.40. The normalized spacial score (nSPS) is 16.4. The van der Waals surface area contributed by atoms with E-state index >= 15 is 0 Å². The first-order valence-electron chi connectivity index (χ1n) is 7.39. The molecule has 1 aliphatic rings. The largest absolute Gasteiger partial charge is 0.398 e. The van der Waals surface area contributed by atoms with E-state index in [2.05, 4.69) is 9.97 Å². The van der Waals surface area contributed by atoms with Gasteiger partial charge in [-0.3, -0.25) is 9.36 Å². The molecule has 0 saturated heterocycles. The van der Waals surface area contributed by atoms with E-state index in [-0.39, 0.29) is 5.56 Å². The summed E-state index contributed by atoms with van der Waals surface area (Å²) in [5.74, 6) is 0.566. The van der Waals surface area contributed by atoms with Gasteiger partial charge in [0.25, 0.3) is 5.56 Å². The quantitative estimate of drug-likeness (QED) is 0.697. The third-order valence-corrected chi connectivity index (χ3v) is 4.77. The molecule has 112 valence electrons. The summed E-state index contributed by atoms with van der Waals surface area (Å²) in [6, 6.07) is 1.49. The average Bonchev–Trinajstić information content (AvgIpc) is 2.52. The van der Waals surface area contributed by atoms with E-state index in [1.165, 1.54) is 49.9 Å². The Morgan fingerprint density at radius 2 is 2.14 bits per heavy atom. The maximum atomic E-state index is 12.3. The van der Waals surface area contributed by atoms with Crippen LogP contribution in [-0.2, 0) is 6.54 Å². The Bertz CT molecular complexity index is 707. The zero-order chi connectivity index (χ0) is 14.8. The van der Waals surface area contributed by atoms with Crippen molar-refractivity contribution in [1.82, 2.24) is 14.5 Å². The minimum absolute atomic E-state index is 0.0590. The molecule has 1 aliphatic carbocycles. The van der Waals surface area contributed by atoms with Gasteiger partial charge in [-0.15, -0.1) is 0 Å². The first-order valence-corrected chi connectivity index (χ1v) is 8.61. The first kappa shape index (κ1) is 14.4. The number of nitrogens with zero attached hydrogens (tertiary/aromatic N) is 3. The van der Waals surface area contributed by atoms with Gasteiger partial charge in [0.05, 0.1) is 5.39 Å². The van der Waals surface area contributed by atoms with Crippen molar-refractivity contribution < 1.29 is 0 Å². The van der Waals surface area contributed by atoms with Crippen LogP contribution in [0, 0.1) is 5.92 Å². The lowest BCUT2D eigenvalue weighted by Crippen LogP contribution is -2.26.